The van der Waals surface area contributed by atoms with Gasteiger partial charge in [-0.1, -0.05) is 18.2 Å². The topological polar surface area (TPSA) is 96.9 Å². The van der Waals surface area contributed by atoms with E-state index in [-0.39, 0.29) is 12.5 Å². The molecule has 3 aromatic rings. The molecule has 1 heterocycles. The highest BCUT2D eigenvalue weighted by molar-refractivity contribution is 14.1. The van der Waals surface area contributed by atoms with Crippen LogP contribution in [-0.4, -0.2) is 30.5 Å². The van der Waals surface area contributed by atoms with Crippen LogP contribution in [0.5, 0.6) is 5.75 Å². The lowest BCUT2D eigenvalue weighted by molar-refractivity contribution is -0.120. The maximum Gasteiger partial charge on any atom is 0.353 e. The smallest absolute Gasteiger partial charge is 0.353 e. The molecule has 2 aromatic carbocycles. The third kappa shape index (κ3) is 6.22. The standard InChI is InChI=1S/C21H16IN3O4S/c22-17-5-2-1-4-16(17)20(27)23-13-19(26)25-24-12-14-7-9-15(10-8-14)29-21(28)18-6-3-11-30-18/h1-12H,13H2,(H,23,27)(H,25,26)/b24-12-. The molecular formula is C21H16IN3O4S. The summed E-state index contributed by atoms with van der Waals surface area (Å²) in [4.78, 5) is 36.4. The fourth-order valence-corrected chi connectivity index (χ4v) is 3.52. The maximum atomic E-state index is 12.1. The molecule has 1 aromatic heterocycles. The van der Waals surface area contributed by atoms with E-state index in [4.69, 9.17) is 4.74 Å². The average molecular weight is 533 g/mol. The number of thiophene rings is 1. The Hall–Kier alpha value is -3.05. The van der Waals surface area contributed by atoms with Gasteiger partial charge in [0.2, 0.25) is 0 Å². The van der Waals surface area contributed by atoms with E-state index in [9.17, 15) is 14.4 Å². The van der Waals surface area contributed by atoms with Crippen LogP contribution in [0.3, 0.4) is 0 Å². The summed E-state index contributed by atoms with van der Waals surface area (Å²) >= 11 is 3.37. The Morgan fingerprint density at radius 2 is 1.80 bits per heavy atom. The van der Waals surface area contributed by atoms with Gasteiger partial charge in [-0.2, -0.15) is 5.10 Å². The van der Waals surface area contributed by atoms with Crippen molar-refractivity contribution in [1.29, 1.82) is 0 Å². The first-order valence-electron chi connectivity index (χ1n) is 8.73. The van der Waals surface area contributed by atoms with Gasteiger partial charge >= 0.3 is 5.97 Å². The second-order valence-corrected chi connectivity index (χ2v) is 8.00. The first-order chi connectivity index (χ1) is 14.5. The molecule has 2 amide bonds. The Kier molecular flexibility index (Phi) is 7.69. The SMILES string of the molecule is O=C(CNC(=O)c1ccccc1I)N/N=C\c1ccc(OC(=O)c2cccs2)cc1. The van der Waals surface area contributed by atoms with E-state index in [0.717, 1.165) is 3.57 Å². The van der Waals surface area contributed by atoms with Crippen LogP contribution in [0, 0.1) is 3.57 Å². The number of hydrazone groups is 1. The number of amides is 2. The Bertz CT molecular complexity index is 1070. The first-order valence-corrected chi connectivity index (χ1v) is 10.7. The van der Waals surface area contributed by atoms with E-state index in [2.05, 4.69) is 38.4 Å². The molecule has 0 aliphatic heterocycles. The van der Waals surface area contributed by atoms with Crippen molar-refractivity contribution in [2.45, 2.75) is 0 Å². The van der Waals surface area contributed by atoms with Crippen LogP contribution >= 0.6 is 33.9 Å². The molecule has 0 saturated heterocycles. The summed E-state index contributed by atoms with van der Waals surface area (Å²) in [7, 11) is 0. The van der Waals surface area contributed by atoms with E-state index in [0.29, 0.717) is 21.8 Å². The van der Waals surface area contributed by atoms with Gasteiger partial charge < -0.3 is 10.1 Å². The van der Waals surface area contributed by atoms with Gasteiger partial charge in [0.15, 0.2) is 0 Å². The van der Waals surface area contributed by atoms with E-state index < -0.39 is 11.9 Å². The largest absolute Gasteiger partial charge is 0.422 e. The zero-order valence-electron chi connectivity index (χ0n) is 15.5. The Morgan fingerprint density at radius 1 is 1.03 bits per heavy atom. The molecule has 7 nitrogen and oxygen atoms in total. The first kappa shape index (κ1) is 21.7. The summed E-state index contributed by atoms with van der Waals surface area (Å²) in [5.74, 6) is -0.780. The number of halogens is 1. The molecular weight excluding hydrogens is 517 g/mol. The second kappa shape index (κ2) is 10.6. The number of benzene rings is 2. The number of nitrogens with one attached hydrogen (secondary N) is 2. The van der Waals surface area contributed by atoms with Crippen molar-refractivity contribution in [2.24, 2.45) is 5.10 Å². The molecule has 0 unspecified atom stereocenters. The van der Waals surface area contributed by atoms with Crippen molar-refractivity contribution in [1.82, 2.24) is 10.7 Å². The highest BCUT2D eigenvalue weighted by Gasteiger charge is 2.10. The molecule has 3 rings (SSSR count). The highest BCUT2D eigenvalue weighted by Crippen LogP contribution is 2.16. The van der Waals surface area contributed by atoms with Gasteiger partial charge in [0.1, 0.15) is 10.6 Å². The highest BCUT2D eigenvalue weighted by atomic mass is 127. The van der Waals surface area contributed by atoms with Gasteiger partial charge in [0, 0.05) is 3.57 Å². The van der Waals surface area contributed by atoms with Crippen molar-refractivity contribution < 1.29 is 19.1 Å². The van der Waals surface area contributed by atoms with Gasteiger partial charge in [-0.15, -0.1) is 11.3 Å². The maximum absolute atomic E-state index is 12.1. The number of carbonyl (C=O) groups excluding carboxylic acids is 3. The predicted octanol–water partition coefficient (Wildman–Crippen LogP) is 3.45. The fraction of sp³-hybridized carbons (Fsp3) is 0.0476. The zero-order chi connectivity index (χ0) is 21.3. The monoisotopic (exact) mass is 533 g/mol. The zero-order valence-corrected chi connectivity index (χ0v) is 18.5. The molecule has 0 bridgehead atoms. The van der Waals surface area contributed by atoms with Crippen LogP contribution in [0.15, 0.2) is 71.1 Å². The second-order valence-electron chi connectivity index (χ2n) is 5.89. The molecule has 0 saturated carbocycles. The summed E-state index contributed by atoms with van der Waals surface area (Å²) in [5.41, 5.74) is 3.56. The van der Waals surface area contributed by atoms with E-state index >= 15 is 0 Å². The summed E-state index contributed by atoms with van der Waals surface area (Å²) < 4.78 is 6.07. The summed E-state index contributed by atoms with van der Waals surface area (Å²) in [5, 5.41) is 8.21. The number of rotatable bonds is 7. The number of nitrogens with zero attached hydrogens (tertiary/aromatic N) is 1. The molecule has 2 N–H and O–H groups in total. The number of ether oxygens (including phenoxy) is 1. The van der Waals surface area contributed by atoms with E-state index in [1.807, 2.05) is 12.1 Å². The Labute approximate surface area is 190 Å². The average Bonchev–Trinajstić information content (AvgIpc) is 3.29. The molecule has 0 atom stereocenters. The number of hydrogen-bond donors (Lipinski definition) is 2. The molecule has 0 aliphatic rings. The van der Waals surface area contributed by atoms with Gasteiger partial charge in [0.05, 0.1) is 18.3 Å². The molecule has 9 heteroatoms. The van der Waals surface area contributed by atoms with Crippen molar-refractivity contribution in [3.63, 3.8) is 0 Å². The lowest BCUT2D eigenvalue weighted by Gasteiger charge is -2.06. The van der Waals surface area contributed by atoms with Gasteiger partial charge in [-0.3, -0.25) is 9.59 Å². The van der Waals surface area contributed by atoms with Crippen LogP contribution in [0.1, 0.15) is 25.6 Å². The normalized spacial score (nSPS) is 10.6. The van der Waals surface area contributed by atoms with Crippen LogP contribution in [0.25, 0.3) is 0 Å². The van der Waals surface area contributed by atoms with Gasteiger partial charge in [0.25, 0.3) is 11.8 Å². The molecule has 0 spiro atoms. The summed E-state index contributed by atoms with van der Waals surface area (Å²) in [6.07, 6.45) is 1.45. The minimum absolute atomic E-state index is 0.196. The summed E-state index contributed by atoms with van der Waals surface area (Å²) in [6.45, 7) is -0.196. The van der Waals surface area contributed by atoms with Gasteiger partial charge in [-0.05, 0) is 76.0 Å². The molecule has 152 valence electrons. The molecule has 0 radical (unpaired) electrons. The van der Waals surface area contributed by atoms with Crippen LogP contribution in [0.4, 0.5) is 0 Å². The quantitative estimate of drug-likeness (QED) is 0.160. The van der Waals surface area contributed by atoms with Crippen molar-refractivity contribution in [3.05, 3.63) is 85.6 Å². The van der Waals surface area contributed by atoms with E-state index in [1.165, 1.54) is 17.6 Å². The fourth-order valence-electron chi connectivity index (χ4n) is 2.29. The minimum atomic E-state index is -0.452. The number of hydrogen-bond acceptors (Lipinski definition) is 6. The predicted molar refractivity (Wildman–Crippen MR) is 123 cm³/mol. The third-order valence-corrected chi connectivity index (χ3v) is 5.53. The van der Waals surface area contributed by atoms with Gasteiger partial charge in [-0.25, -0.2) is 10.2 Å². The van der Waals surface area contributed by atoms with Crippen LogP contribution < -0.4 is 15.5 Å². The molecule has 0 aliphatic carbocycles. The van der Waals surface area contributed by atoms with Crippen LogP contribution in [-0.2, 0) is 4.79 Å². The molecule has 30 heavy (non-hydrogen) atoms. The third-order valence-electron chi connectivity index (χ3n) is 3.74. The van der Waals surface area contributed by atoms with Crippen molar-refractivity contribution in [2.75, 3.05) is 6.54 Å². The number of esters is 1. The Balaban J connectivity index is 1.44. The van der Waals surface area contributed by atoms with Crippen LogP contribution in [0.2, 0.25) is 0 Å². The van der Waals surface area contributed by atoms with Crippen molar-refractivity contribution in [3.8, 4) is 5.75 Å². The number of carbonyl (C=O) groups is 3. The Morgan fingerprint density at radius 3 is 2.50 bits per heavy atom. The minimum Gasteiger partial charge on any atom is -0.422 e. The summed E-state index contributed by atoms with van der Waals surface area (Å²) in [6, 6.07) is 17.2. The molecule has 0 fully saturated rings. The lowest BCUT2D eigenvalue weighted by atomic mass is 10.2. The lowest BCUT2D eigenvalue weighted by Crippen LogP contribution is -2.35. The van der Waals surface area contributed by atoms with E-state index in [1.54, 1.807) is 53.9 Å². The van der Waals surface area contributed by atoms with Crippen molar-refractivity contribution >= 4 is 57.9 Å².